The number of carbonyl (C=O) groups excluding carboxylic acids is 3. The van der Waals surface area contributed by atoms with Crippen molar-refractivity contribution in [2.24, 2.45) is 0 Å². The highest BCUT2D eigenvalue weighted by molar-refractivity contribution is 6.32. The number of hydrogen-bond acceptors (Lipinski definition) is 6. The number of benzene rings is 4. The van der Waals surface area contributed by atoms with Crippen LogP contribution in [0, 0.1) is 0 Å². The monoisotopic (exact) mass is 603 g/mol. The Morgan fingerprint density at radius 1 is 0.727 bits per heavy atom. The minimum Gasteiger partial charge on any atom is -0.479 e. The zero-order valence-electron chi connectivity index (χ0n) is 22.7. The zero-order chi connectivity index (χ0) is 31.9. The van der Waals surface area contributed by atoms with Crippen LogP contribution in [0.1, 0.15) is 36.6 Å². The van der Waals surface area contributed by atoms with Gasteiger partial charge < -0.3 is 20.3 Å². The first-order chi connectivity index (χ1) is 20.9. The second-order valence-corrected chi connectivity index (χ2v) is 9.41. The summed E-state index contributed by atoms with van der Waals surface area (Å²) in [7, 11) is 0. The highest BCUT2D eigenvalue weighted by Crippen LogP contribution is 2.27. The van der Waals surface area contributed by atoms with Gasteiger partial charge in [-0.3, -0.25) is 14.4 Å². The van der Waals surface area contributed by atoms with Crippen LogP contribution in [-0.2, 0) is 4.79 Å². The number of aliphatic carboxylic acids is 1. The minimum atomic E-state index is -4.90. The van der Waals surface area contributed by atoms with Gasteiger partial charge in [0.05, 0.1) is 6.54 Å². The van der Waals surface area contributed by atoms with Gasteiger partial charge in [0, 0.05) is 22.3 Å². The van der Waals surface area contributed by atoms with Gasteiger partial charge in [0.1, 0.15) is 5.75 Å². The standard InChI is InChI=1S/C33H24F3NO7/c34-33(35,36)44-26-16-14-23(15-17-26)28(38)18-27(22-8-6-21(7-9-22)20-4-2-1-3-5-20)30(40)24-10-12-25(13-11-24)31(41)37-19-29(39)32(42)43/h1-18,29,39H,19H2,(H,37,41)(H,42,43)/b27-18-/t29-/m1/s1. The lowest BCUT2D eigenvalue weighted by Crippen LogP contribution is -2.36. The van der Waals surface area contributed by atoms with Crippen molar-refractivity contribution < 1.29 is 47.3 Å². The summed E-state index contributed by atoms with van der Waals surface area (Å²) in [5.41, 5.74) is 2.40. The van der Waals surface area contributed by atoms with Crippen LogP contribution in [0.2, 0.25) is 0 Å². The van der Waals surface area contributed by atoms with E-state index in [1.807, 2.05) is 30.3 Å². The number of carboxylic acids is 1. The molecule has 3 N–H and O–H groups in total. The highest BCUT2D eigenvalue weighted by atomic mass is 19.4. The molecule has 0 radical (unpaired) electrons. The summed E-state index contributed by atoms with van der Waals surface area (Å²) >= 11 is 0. The van der Waals surface area contributed by atoms with Crippen LogP contribution in [0.3, 0.4) is 0 Å². The predicted octanol–water partition coefficient (Wildman–Crippen LogP) is 5.58. The Kier molecular flexibility index (Phi) is 9.71. The van der Waals surface area contributed by atoms with Gasteiger partial charge in [0.15, 0.2) is 17.7 Å². The summed E-state index contributed by atoms with van der Waals surface area (Å²) in [4.78, 5) is 49.9. The first-order valence-electron chi connectivity index (χ1n) is 13.0. The van der Waals surface area contributed by atoms with E-state index in [9.17, 15) is 37.5 Å². The molecule has 1 amide bonds. The Morgan fingerprint density at radius 2 is 1.25 bits per heavy atom. The van der Waals surface area contributed by atoms with Crippen molar-refractivity contribution in [3.05, 3.63) is 131 Å². The average Bonchev–Trinajstić information content (AvgIpc) is 3.02. The first-order valence-corrected chi connectivity index (χ1v) is 13.0. The second-order valence-electron chi connectivity index (χ2n) is 9.41. The SMILES string of the molecule is O=C(/C=C(\C(=O)c1ccc(C(=O)NC[C@@H](O)C(=O)O)cc1)c1ccc(-c2ccccc2)cc1)c1ccc(OC(F)(F)F)cc1. The number of hydrogen-bond donors (Lipinski definition) is 3. The van der Waals surface area contributed by atoms with E-state index >= 15 is 0 Å². The molecule has 1 atom stereocenters. The topological polar surface area (TPSA) is 130 Å². The number of ether oxygens (including phenoxy) is 1. The average molecular weight is 604 g/mol. The van der Waals surface area contributed by atoms with Crippen LogP contribution < -0.4 is 10.1 Å². The van der Waals surface area contributed by atoms with Gasteiger partial charge >= 0.3 is 12.3 Å². The molecule has 4 aromatic rings. The summed E-state index contributed by atoms with van der Waals surface area (Å²) in [5, 5.41) is 20.4. The van der Waals surface area contributed by atoms with E-state index in [0.29, 0.717) is 5.56 Å². The van der Waals surface area contributed by atoms with Crippen LogP contribution in [-0.4, -0.2) is 52.7 Å². The fraction of sp³-hybridized carbons (Fsp3) is 0.0909. The van der Waals surface area contributed by atoms with E-state index in [1.54, 1.807) is 24.3 Å². The molecular weight excluding hydrogens is 579 g/mol. The normalized spacial score (nSPS) is 12.2. The molecule has 0 aliphatic rings. The molecule has 0 saturated heterocycles. The number of Topliss-reactive ketones (excluding diaryl/α,β-unsaturated/α-hetero) is 1. The van der Waals surface area contributed by atoms with Gasteiger partial charge in [0.25, 0.3) is 5.91 Å². The van der Waals surface area contributed by atoms with E-state index in [4.69, 9.17) is 5.11 Å². The summed E-state index contributed by atoms with van der Waals surface area (Å²) in [6.07, 6.45) is -5.59. The molecule has 4 rings (SSSR count). The molecule has 224 valence electrons. The molecule has 0 bridgehead atoms. The lowest BCUT2D eigenvalue weighted by Gasteiger charge is -2.11. The molecule has 11 heteroatoms. The smallest absolute Gasteiger partial charge is 0.479 e. The minimum absolute atomic E-state index is 0.00740. The van der Waals surface area contributed by atoms with Gasteiger partial charge in [-0.15, -0.1) is 13.2 Å². The zero-order valence-corrected chi connectivity index (χ0v) is 22.7. The molecule has 4 aromatic carbocycles. The lowest BCUT2D eigenvalue weighted by atomic mass is 9.92. The fourth-order valence-electron chi connectivity index (χ4n) is 4.10. The number of aliphatic hydroxyl groups is 1. The third-order valence-corrected chi connectivity index (χ3v) is 6.35. The number of amides is 1. The maximum absolute atomic E-state index is 13.7. The van der Waals surface area contributed by atoms with Crippen molar-refractivity contribution in [1.29, 1.82) is 0 Å². The van der Waals surface area contributed by atoms with E-state index in [2.05, 4.69) is 10.1 Å². The van der Waals surface area contributed by atoms with E-state index in [0.717, 1.165) is 41.5 Å². The molecule has 0 aliphatic carbocycles. The van der Waals surface area contributed by atoms with E-state index in [-0.39, 0.29) is 22.3 Å². The number of ketones is 2. The van der Waals surface area contributed by atoms with Crippen LogP contribution in [0.4, 0.5) is 13.2 Å². The van der Waals surface area contributed by atoms with Crippen molar-refractivity contribution in [1.82, 2.24) is 5.32 Å². The van der Waals surface area contributed by atoms with Crippen molar-refractivity contribution in [3.8, 4) is 16.9 Å². The van der Waals surface area contributed by atoms with Crippen molar-refractivity contribution in [2.75, 3.05) is 6.54 Å². The molecule has 44 heavy (non-hydrogen) atoms. The number of allylic oxidation sites excluding steroid dienone is 2. The molecule has 0 spiro atoms. The second kappa shape index (κ2) is 13.6. The maximum Gasteiger partial charge on any atom is 0.573 e. The Bertz CT molecular complexity index is 1680. The largest absolute Gasteiger partial charge is 0.573 e. The molecule has 0 aliphatic heterocycles. The van der Waals surface area contributed by atoms with Gasteiger partial charge in [-0.05, 0) is 59.2 Å². The number of aliphatic hydroxyl groups excluding tert-OH is 1. The number of carboxylic acid groups (broad SMARTS) is 1. The predicted molar refractivity (Wildman–Crippen MR) is 154 cm³/mol. The van der Waals surface area contributed by atoms with Gasteiger partial charge in [-0.2, -0.15) is 0 Å². The molecular formula is C33H24F3NO7. The molecule has 0 fully saturated rings. The summed E-state index contributed by atoms with van der Waals surface area (Å²) < 4.78 is 41.4. The van der Waals surface area contributed by atoms with E-state index < -0.39 is 48.2 Å². The van der Waals surface area contributed by atoms with Gasteiger partial charge in [-0.1, -0.05) is 66.7 Å². The van der Waals surface area contributed by atoms with Crippen LogP contribution in [0.25, 0.3) is 16.7 Å². The Morgan fingerprint density at radius 3 is 1.82 bits per heavy atom. The van der Waals surface area contributed by atoms with Gasteiger partial charge in [0.2, 0.25) is 0 Å². The first kappa shape index (κ1) is 31.4. The van der Waals surface area contributed by atoms with Crippen LogP contribution in [0.15, 0.2) is 109 Å². The van der Waals surface area contributed by atoms with Crippen LogP contribution in [0.5, 0.6) is 5.75 Å². The Hall–Kier alpha value is -5.55. The van der Waals surface area contributed by atoms with Gasteiger partial charge in [-0.25, -0.2) is 4.79 Å². The van der Waals surface area contributed by atoms with Crippen molar-refractivity contribution in [3.63, 3.8) is 0 Å². The quantitative estimate of drug-likeness (QED) is 0.151. The van der Waals surface area contributed by atoms with Crippen molar-refractivity contribution in [2.45, 2.75) is 12.5 Å². The molecule has 8 nitrogen and oxygen atoms in total. The maximum atomic E-state index is 13.7. The highest BCUT2D eigenvalue weighted by Gasteiger charge is 2.31. The summed E-state index contributed by atoms with van der Waals surface area (Å²) in [6.45, 7) is -0.522. The summed E-state index contributed by atoms with van der Waals surface area (Å²) in [5.74, 6) is -3.90. The number of halogens is 3. The molecule has 0 saturated carbocycles. The molecule has 0 heterocycles. The number of carbonyl (C=O) groups is 4. The third kappa shape index (κ3) is 8.26. The van der Waals surface area contributed by atoms with Crippen molar-refractivity contribution >= 4 is 29.0 Å². The molecule has 0 unspecified atom stereocenters. The lowest BCUT2D eigenvalue weighted by molar-refractivity contribution is -0.274. The fourth-order valence-corrected chi connectivity index (χ4v) is 4.10. The Labute approximate surface area is 249 Å². The third-order valence-electron chi connectivity index (χ3n) is 6.35. The molecule has 0 aromatic heterocycles. The van der Waals surface area contributed by atoms with E-state index in [1.165, 1.54) is 24.3 Å². The number of rotatable bonds is 11. The number of alkyl halides is 3. The summed E-state index contributed by atoms with van der Waals surface area (Å²) in [6, 6.07) is 26.0. The van der Waals surface area contributed by atoms with Crippen LogP contribution >= 0.6 is 0 Å². The Balaban J connectivity index is 1.63. The number of nitrogens with one attached hydrogen (secondary N) is 1.